The van der Waals surface area contributed by atoms with Crippen LogP contribution in [0.2, 0.25) is 0 Å². The Morgan fingerprint density at radius 2 is 1.58 bits per heavy atom. The van der Waals surface area contributed by atoms with Crippen molar-refractivity contribution in [3.8, 4) is 0 Å². The molecule has 6 nitrogen and oxygen atoms in total. The third kappa shape index (κ3) is 3.46. The van der Waals surface area contributed by atoms with Gasteiger partial charge in [-0.3, -0.25) is 19.4 Å². The van der Waals surface area contributed by atoms with Crippen molar-refractivity contribution >= 4 is 29.1 Å². The minimum Gasteiger partial charge on any atom is -0.317 e. The first kappa shape index (κ1) is 21.6. The van der Waals surface area contributed by atoms with Crippen molar-refractivity contribution in [1.29, 1.82) is 0 Å². The fourth-order valence-corrected chi connectivity index (χ4v) is 5.53. The van der Waals surface area contributed by atoms with E-state index in [0.29, 0.717) is 0 Å². The number of anilines is 1. The van der Waals surface area contributed by atoms with Crippen molar-refractivity contribution in [1.82, 2.24) is 10.2 Å². The molecular formula is C25H33N3O3. The fourth-order valence-electron chi connectivity index (χ4n) is 5.53. The third-order valence-electron chi connectivity index (χ3n) is 7.22. The molecule has 6 heteroatoms. The maximum atomic E-state index is 13.5. The number of aryl methyl sites for hydroxylation is 2. The van der Waals surface area contributed by atoms with Gasteiger partial charge in [0.15, 0.2) is 0 Å². The van der Waals surface area contributed by atoms with Gasteiger partial charge >= 0.3 is 6.03 Å². The zero-order chi connectivity index (χ0) is 22.7. The lowest BCUT2D eigenvalue weighted by Gasteiger charge is -2.42. The SMILES string of the molecule is CC1=CC(C)(C)N(C(=O)NC(C)N2C(=O)C3CCCCC3C2=O)c2cc(C)c(C)cc21. The number of likely N-dealkylation sites (tertiary alicyclic amines) is 1. The summed E-state index contributed by atoms with van der Waals surface area (Å²) in [4.78, 5) is 42.4. The Morgan fingerprint density at radius 3 is 2.16 bits per heavy atom. The molecule has 1 saturated carbocycles. The molecule has 1 aromatic rings. The number of fused-ring (bicyclic) bond motifs is 2. The summed E-state index contributed by atoms with van der Waals surface area (Å²) in [7, 11) is 0. The van der Waals surface area contributed by atoms with Gasteiger partial charge in [-0.2, -0.15) is 0 Å². The Bertz CT molecular complexity index is 970. The first-order chi connectivity index (χ1) is 14.5. The average molecular weight is 424 g/mol. The van der Waals surface area contributed by atoms with E-state index in [4.69, 9.17) is 0 Å². The van der Waals surface area contributed by atoms with E-state index in [2.05, 4.69) is 31.3 Å². The number of amides is 4. The minimum atomic E-state index is -0.684. The van der Waals surface area contributed by atoms with Crippen LogP contribution >= 0.6 is 0 Å². The smallest absolute Gasteiger partial charge is 0.317 e. The van der Waals surface area contributed by atoms with Gasteiger partial charge in [0.1, 0.15) is 6.17 Å². The molecule has 4 amide bonds. The third-order valence-corrected chi connectivity index (χ3v) is 7.22. The topological polar surface area (TPSA) is 69.7 Å². The van der Waals surface area contributed by atoms with Crippen molar-refractivity contribution in [2.75, 3.05) is 4.90 Å². The van der Waals surface area contributed by atoms with E-state index in [1.54, 1.807) is 11.8 Å². The molecule has 0 aromatic heterocycles. The van der Waals surface area contributed by atoms with E-state index in [-0.39, 0.29) is 29.7 Å². The minimum absolute atomic E-state index is 0.136. The first-order valence-electron chi connectivity index (χ1n) is 11.3. The highest BCUT2D eigenvalue weighted by Crippen LogP contribution is 2.41. The number of hydrogen-bond donors (Lipinski definition) is 1. The summed E-state index contributed by atoms with van der Waals surface area (Å²) in [5.41, 5.74) is 4.76. The second-order valence-corrected chi connectivity index (χ2v) is 9.94. The number of carbonyl (C=O) groups is 3. The van der Waals surface area contributed by atoms with Gasteiger partial charge in [0.2, 0.25) is 11.8 Å². The summed E-state index contributed by atoms with van der Waals surface area (Å²) in [5.74, 6) is -0.709. The predicted octanol–water partition coefficient (Wildman–Crippen LogP) is 4.54. The molecule has 31 heavy (non-hydrogen) atoms. The predicted molar refractivity (Wildman–Crippen MR) is 121 cm³/mol. The van der Waals surface area contributed by atoms with Gasteiger partial charge in [-0.15, -0.1) is 0 Å². The highest BCUT2D eigenvalue weighted by atomic mass is 16.2. The molecule has 4 rings (SSSR count). The number of nitrogens with zero attached hydrogens (tertiary/aromatic N) is 2. The van der Waals surface area contributed by atoms with Crippen LogP contribution in [0.15, 0.2) is 18.2 Å². The lowest BCUT2D eigenvalue weighted by Crippen LogP contribution is -2.58. The molecule has 0 radical (unpaired) electrons. The lowest BCUT2D eigenvalue weighted by molar-refractivity contribution is -0.142. The standard InChI is InChI=1S/C25H33N3O3/c1-14-11-20-16(3)13-25(5,6)28(21(20)12-15(14)2)24(31)26-17(4)27-22(29)18-9-7-8-10-19(18)23(27)30/h11-13,17-19H,7-10H2,1-6H3,(H,26,31). The van der Waals surface area contributed by atoms with Crippen LogP contribution < -0.4 is 10.2 Å². The highest BCUT2D eigenvalue weighted by molar-refractivity contribution is 6.06. The van der Waals surface area contributed by atoms with Gasteiger partial charge in [-0.05, 0) is 83.2 Å². The molecule has 1 aliphatic carbocycles. The second-order valence-electron chi connectivity index (χ2n) is 9.94. The van der Waals surface area contributed by atoms with E-state index in [1.165, 1.54) is 10.5 Å². The van der Waals surface area contributed by atoms with Crippen LogP contribution in [0.25, 0.3) is 5.57 Å². The lowest BCUT2D eigenvalue weighted by atomic mass is 9.81. The molecule has 1 aromatic carbocycles. The summed E-state index contributed by atoms with van der Waals surface area (Å²) in [6.45, 7) is 11.9. The van der Waals surface area contributed by atoms with Gasteiger partial charge in [-0.1, -0.05) is 18.9 Å². The van der Waals surface area contributed by atoms with E-state index in [9.17, 15) is 14.4 Å². The molecule has 2 aliphatic heterocycles. The number of allylic oxidation sites excluding steroid dienone is 1. The number of carbonyl (C=O) groups excluding carboxylic acids is 3. The Kier molecular flexibility index (Phi) is 5.23. The Balaban J connectivity index is 1.62. The molecule has 1 saturated heterocycles. The Hall–Kier alpha value is -2.63. The van der Waals surface area contributed by atoms with Crippen molar-refractivity contribution < 1.29 is 14.4 Å². The summed E-state index contributed by atoms with van der Waals surface area (Å²) < 4.78 is 0. The molecule has 0 spiro atoms. The largest absolute Gasteiger partial charge is 0.324 e. The maximum Gasteiger partial charge on any atom is 0.324 e. The number of hydrogen-bond acceptors (Lipinski definition) is 3. The van der Waals surface area contributed by atoms with Gasteiger partial charge < -0.3 is 5.32 Å². The van der Waals surface area contributed by atoms with Crippen LogP contribution in [-0.2, 0) is 9.59 Å². The van der Waals surface area contributed by atoms with Crippen LogP contribution in [0.5, 0.6) is 0 Å². The molecule has 1 N–H and O–H groups in total. The van der Waals surface area contributed by atoms with Crippen LogP contribution in [0.1, 0.15) is 70.1 Å². The highest BCUT2D eigenvalue weighted by Gasteiger charge is 2.50. The second kappa shape index (κ2) is 7.50. The van der Waals surface area contributed by atoms with Gasteiger partial charge in [0.25, 0.3) is 0 Å². The summed E-state index contributed by atoms with van der Waals surface area (Å²) >= 11 is 0. The number of benzene rings is 1. The van der Waals surface area contributed by atoms with Crippen LogP contribution in [-0.4, -0.2) is 34.5 Å². The first-order valence-corrected chi connectivity index (χ1v) is 11.3. The number of rotatable bonds is 2. The fraction of sp³-hybridized carbons (Fsp3) is 0.560. The zero-order valence-corrected chi connectivity index (χ0v) is 19.4. The van der Waals surface area contributed by atoms with Gasteiger partial charge in [-0.25, -0.2) is 4.79 Å². The van der Waals surface area contributed by atoms with Crippen LogP contribution in [0.3, 0.4) is 0 Å². The molecule has 3 unspecified atom stereocenters. The van der Waals surface area contributed by atoms with Crippen LogP contribution in [0.4, 0.5) is 10.5 Å². The Labute approximate surface area is 184 Å². The summed E-state index contributed by atoms with van der Waals surface area (Å²) in [6, 6.07) is 3.86. The molecule has 2 fully saturated rings. The molecule has 0 bridgehead atoms. The van der Waals surface area contributed by atoms with E-state index in [0.717, 1.165) is 48.1 Å². The zero-order valence-electron chi connectivity index (χ0n) is 19.4. The number of nitrogens with one attached hydrogen (secondary N) is 1. The van der Waals surface area contributed by atoms with Gasteiger partial charge in [0, 0.05) is 5.56 Å². The van der Waals surface area contributed by atoms with Gasteiger partial charge in [0.05, 0.1) is 23.1 Å². The van der Waals surface area contributed by atoms with Crippen molar-refractivity contribution in [2.24, 2.45) is 11.8 Å². The molecular weight excluding hydrogens is 390 g/mol. The summed E-state index contributed by atoms with van der Waals surface area (Å²) in [5, 5.41) is 2.95. The molecule has 3 aliphatic rings. The number of urea groups is 1. The molecule has 2 heterocycles. The molecule has 166 valence electrons. The monoisotopic (exact) mass is 423 g/mol. The van der Waals surface area contributed by atoms with Crippen molar-refractivity contribution in [3.63, 3.8) is 0 Å². The molecule has 3 atom stereocenters. The van der Waals surface area contributed by atoms with E-state index >= 15 is 0 Å². The number of imide groups is 1. The van der Waals surface area contributed by atoms with Crippen molar-refractivity contribution in [3.05, 3.63) is 34.9 Å². The van der Waals surface area contributed by atoms with E-state index in [1.807, 2.05) is 26.8 Å². The van der Waals surface area contributed by atoms with E-state index < -0.39 is 11.7 Å². The quantitative estimate of drug-likeness (QED) is 0.710. The summed E-state index contributed by atoms with van der Waals surface area (Å²) in [6.07, 6.45) is 4.91. The normalized spacial score (nSPS) is 25.7. The Morgan fingerprint density at radius 1 is 1.03 bits per heavy atom. The average Bonchev–Trinajstić information content (AvgIpc) is 2.94. The maximum absolute atomic E-state index is 13.5. The van der Waals surface area contributed by atoms with Crippen molar-refractivity contribution in [2.45, 2.75) is 78.9 Å². The van der Waals surface area contributed by atoms with Crippen LogP contribution in [0, 0.1) is 25.7 Å².